The Morgan fingerprint density at radius 3 is 2.70 bits per heavy atom. The minimum atomic E-state index is -0.157. The average molecular weight is 426 g/mol. The lowest BCUT2D eigenvalue weighted by molar-refractivity contribution is 0.121. The van der Waals surface area contributed by atoms with Crippen LogP contribution in [0.15, 0.2) is 39.5 Å². The van der Waals surface area contributed by atoms with E-state index in [0.717, 1.165) is 34.2 Å². The van der Waals surface area contributed by atoms with Gasteiger partial charge in [-0.3, -0.25) is 4.79 Å². The normalized spacial score (nSPS) is 16.4. The minimum Gasteiger partial charge on any atom is -0.440 e. The maximum absolute atomic E-state index is 14.4. The van der Waals surface area contributed by atoms with Crippen LogP contribution in [-0.2, 0) is 17.7 Å². The lowest BCUT2D eigenvalue weighted by Gasteiger charge is -2.27. The number of benzene rings is 2. The van der Waals surface area contributed by atoms with Gasteiger partial charge in [-0.1, -0.05) is 6.07 Å². The molecule has 0 radical (unpaired) electrons. The van der Waals surface area contributed by atoms with E-state index in [2.05, 4.69) is 25.1 Å². The first-order valence-corrected chi connectivity index (χ1v) is 10.8. The van der Waals surface area contributed by atoms with Crippen molar-refractivity contribution in [2.75, 3.05) is 42.6 Å². The molecular weight excluding hydrogens is 402 g/mol. The van der Waals surface area contributed by atoms with Crippen LogP contribution in [0.4, 0.5) is 16.0 Å². The Morgan fingerprint density at radius 2 is 1.90 bits per heavy atom. The van der Waals surface area contributed by atoms with Crippen molar-refractivity contribution in [1.82, 2.24) is 0 Å². The van der Waals surface area contributed by atoms with Gasteiger partial charge in [-0.2, -0.15) is 0 Å². The van der Waals surface area contributed by atoms with Crippen LogP contribution in [-0.4, -0.2) is 32.8 Å². The van der Waals surface area contributed by atoms with Crippen molar-refractivity contribution in [3.05, 3.63) is 63.1 Å². The third-order valence-corrected chi connectivity index (χ3v) is 6.22. The van der Waals surface area contributed by atoms with E-state index in [1.165, 1.54) is 0 Å². The fraction of sp³-hybridized carbons (Fsp3) is 0.348. The molecule has 2 aliphatic heterocycles. The monoisotopic (exact) mass is 426 g/mol. The Balaban J connectivity index is 1.58. The Hall–Kier alpha value is -2.43. The van der Waals surface area contributed by atoms with Gasteiger partial charge in [0.25, 0.3) is 0 Å². The van der Waals surface area contributed by atoms with E-state index in [4.69, 9.17) is 9.15 Å². The number of anilines is 2. The van der Waals surface area contributed by atoms with Crippen LogP contribution in [0.1, 0.15) is 16.7 Å². The van der Waals surface area contributed by atoms with Crippen LogP contribution in [0, 0.1) is 12.7 Å². The molecule has 2 aliphatic rings. The fourth-order valence-corrected chi connectivity index (χ4v) is 4.75. The number of fused-ring (bicyclic) bond motifs is 2. The first-order chi connectivity index (χ1) is 14.5. The second kappa shape index (κ2) is 7.68. The predicted octanol–water partition coefficient (Wildman–Crippen LogP) is 3.14. The van der Waals surface area contributed by atoms with Crippen LogP contribution in [0.25, 0.3) is 11.0 Å². The molecule has 3 aromatic rings. The number of halogens is 1. The van der Waals surface area contributed by atoms with Gasteiger partial charge in [-0.15, -0.1) is 9.24 Å². The summed E-state index contributed by atoms with van der Waals surface area (Å²) in [5.41, 5.74) is 4.21. The van der Waals surface area contributed by atoms with Crippen LogP contribution in [0.2, 0.25) is 0 Å². The molecule has 0 saturated carbocycles. The number of ether oxygens (including phenoxy) is 1. The van der Waals surface area contributed by atoms with E-state index in [9.17, 15) is 9.18 Å². The molecule has 1 atom stereocenters. The second-order valence-corrected chi connectivity index (χ2v) is 8.69. The van der Waals surface area contributed by atoms with Crippen molar-refractivity contribution in [3.8, 4) is 0 Å². The maximum atomic E-state index is 14.4. The summed E-state index contributed by atoms with van der Waals surface area (Å²) in [6.07, 6.45) is 0.679. The quantitative estimate of drug-likeness (QED) is 0.603. The highest BCUT2D eigenvalue weighted by Gasteiger charge is 2.24. The first kappa shape index (κ1) is 19.5. The standard InChI is InChI=1S/C23H24FN2O3P/c1-14-8-15(13-26-3-2-17-19(24)10-16(30)11-20(17)26)23-18(9-14)21(27)12-22(29-23)25-4-6-28-7-5-25/h8-12H,2-7,13,30H2,1H3. The summed E-state index contributed by atoms with van der Waals surface area (Å²) < 4.78 is 26.1. The molecule has 0 amide bonds. The van der Waals surface area contributed by atoms with Gasteiger partial charge >= 0.3 is 0 Å². The van der Waals surface area contributed by atoms with E-state index >= 15 is 0 Å². The third kappa shape index (κ3) is 3.48. The highest BCUT2D eigenvalue weighted by atomic mass is 31.0. The third-order valence-electron chi connectivity index (χ3n) is 5.89. The van der Waals surface area contributed by atoms with Crippen molar-refractivity contribution in [2.24, 2.45) is 0 Å². The zero-order valence-electron chi connectivity index (χ0n) is 16.9. The van der Waals surface area contributed by atoms with Crippen LogP contribution in [0.5, 0.6) is 0 Å². The summed E-state index contributed by atoms with van der Waals surface area (Å²) in [6.45, 7) is 5.93. The molecule has 5 nitrogen and oxygen atoms in total. The lowest BCUT2D eigenvalue weighted by atomic mass is 10.1. The van der Waals surface area contributed by atoms with Gasteiger partial charge in [-0.25, -0.2) is 4.39 Å². The van der Waals surface area contributed by atoms with Crippen molar-refractivity contribution < 1.29 is 13.5 Å². The van der Waals surface area contributed by atoms with Crippen molar-refractivity contribution in [2.45, 2.75) is 19.9 Å². The molecule has 156 valence electrons. The number of rotatable bonds is 3. The summed E-state index contributed by atoms with van der Waals surface area (Å²) in [5, 5.41) is 1.42. The van der Waals surface area contributed by atoms with E-state index in [0.29, 0.717) is 56.1 Å². The zero-order chi connectivity index (χ0) is 20.8. The van der Waals surface area contributed by atoms with Gasteiger partial charge in [0.05, 0.1) is 18.6 Å². The molecule has 7 heteroatoms. The highest BCUT2D eigenvalue weighted by Crippen LogP contribution is 2.33. The van der Waals surface area contributed by atoms with Gasteiger partial charge in [0, 0.05) is 49.1 Å². The number of hydrogen-bond acceptors (Lipinski definition) is 5. The number of morpholine rings is 1. The fourth-order valence-electron chi connectivity index (χ4n) is 4.44. The Kier molecular flexibility index (Phi) is 5.00. The van der Waals surface area contributed by atoms with Gasteiger partial charge in [0.2, 0.25) is 0 Å². The highest BCUT2D eigenvalue weighted by molar-refractivity contribution is 7.27. The molecule has 0 bridgehead atoms. The number of aryl methyl sites for hydroxylation is 1. The van der Waals surface area contributed by atoms with Crippen molar-refractivity contribution in [3.63, 3.8) is 0 Å². The van der Waals surface area contributed by atoms with E-state index in [1.807, 2.05) is 19.1 Å². The van der Waals surface area contributed by atoms with Crippen LogP contribution in [0.3, 0.4) is 0 Å². The van der Waals surface area contributed by atoms with Gasteiger partial charge in [-0.05, 0) is 42.4 Å². The van der Waals surface area contributed by atoms with Crippen molar-refractivity contribution in [1.29, 1.82) is 0 Å². The lowest BCUT2D eigenvalue weighted by Crippen LogP contribution is -2.36. The predicted molar refractivity (Wildman–Crippen MR) is 121 cm³/mol. The topological polar surface area (TPSA) is 45.9 Å². The summed E-state index contributed by atoms with van der Waals surface area (Å²) in [6, 6.07) is 9.09. The first-order valence-electron chi connectivity index (χ1n) is 10.2. The maximum Gasteiger partial charge on any atom is 0.200 e. The molecule has 1 fully saturated rings. The number of nitrogens with zero attached hydrogens (tertiary/aromatic N) is 2. The number of hydrogen-bond donors (Lipinski definition) is 0. The molecule has 5 rings (SSSR count). The molecule has 1 saturated heterocycles. The summed E-state index contributed by atoms with van der Waals surface area (Å²) >= 11 is 0. The van der Waals surface area contributed by atoms with Gasteiger partial charge in [0.15, 0.2) is 11.3 Å². The smallest absolute Gasteiger partial charge is 0.200 e. The Bertz CT molecular complexity index is 1190. The van der Waals surface area contributed by atoms with Crippen LogP contribution >= 0.6 is 9.24 Å². The SMILES string of the molecule is Cc1cc(CN2CCc3c(F)cc(P)cc32)c2oc(N3CCOCC3)cc(=O)c2c1. The molecule has 0 N–H and O–H groups in total. The molecule has 3 heterocycles. The second-order valence-electron chi connectivity index (χ2n) is 8.02. The Labute approximate surface area is 176 Å². The van der Waals surface area contributed by atoms with Crippen molar-refractivity contribution >= 4 is 37.1 Å². The summed E-state index contributed by atoms with van der Waals surface area (Å²) in [4.78, 5) is 17.1. The van der Waals surface area contributed by atoms with E-state index in [1.54, 1.807) is 12.1 Å². The Morgan fingerprint density at radius 1 is 1.10 bits per heavy atom. The van der Waals surface area contributed by atoms with Crippen LogP contribution < -0.4 is 20.5 Å². The minimum absolute atomic E-state index is 0.0391. The summed E-state index contributed by atoms with van der Waals surface area (Å²) in [7, 11) is 2.57. The molecule has 1 unspecified atom stereocenters. The molecule has 2 aromatic carbocycles. The molecular formula is C23H24FN2O3P. The molecule has 0 spiro atoms. The van der Waals surface area contributed by atoms with Gasteiger partial charge < -0.3 is 19.0 Å². The summed E-state index contributed by atoms with van der Waals surface area (Å²) in [5.74, 6) is 0.427. The average Bonchev–Trinajstić information content (AvgIpc) is 3.12. The molecule has 30 heavy (non-hydrogen) atoms. The molecule has 1 aromatic heterocycles. The van der Waals surface area contributed by atoms with Gasteiger partial charge in [0.1, 0.15) is 11.4 Å². The molecule has 0 aliphatic carbocycles. The van der Waals surface area contributed by atoms with E-state index in [-0.39, 0.29) is 11.2 Å². The largest absolute Gasteiger partial charge is 0.440 e. The van der Waals surface area contributed by atoms with E-state index < -0.39 is 0 Å². The zero-order valence-corrected chi connectivity index (χ0v) is 18.1.